The molecule has 2 aromatic carbocycles. The molecule has 2 amide bonds. The topological polar surface area (TPSA) is 99.3 Å². The highest BCUT2D eigenvalue weighted by Gasteiger charge is 2.21. The number of aromatic amines is 1. The van der Waals surface area contributed by atoms with Crippen molar-refractivity contribution in [3.8, 4) is 5.75 Å². The Hall–Kier alpha value is -2.88. The Balaban J connectivity index is 1.35. The molecule has 0 spiro atoms. The van der Waals surface area contributed by atoms with Crippen LogP contribution in [-0.4, -0.2) is 45.9 Å². The molecule has 1 aliphatic heterocycles. The fourth-order valence-electron chi connectivity index (χ4n) is 3.66. The number of carbonyl (C=O) groups is 2. The van der Waals surface area contributed by atoms with E-state index in [0.717, 1.165) is 41.7 Å². The van der Waals surface area contributed by atoms with Crippen LogP contribution in [0.3, 0.4) is 0 Å². The van der Waals surface area contributed by atoms with E-state index < -0.39 is 11.8 Å². The maximum Gasteiger partial charge on any atom is 0.276 e. The summed E-state index contributed by atoms with van der Waals surface area (Å²) in [6.45, 7) is 4.27. The molecule has 1 aliphatic rings. The van der Waals surface area contributed by atoms with Crippen molar-refractivity contribution in [2.75, 3.05) is 30.3 Å². The fourth-order valence-corrected chi connectivity index (χ4v) is 4.22. The molecule has 178 valence electrons. The number of ether oxygens (including phenoxy) is 1. The van der Waals surface area contributed by atoms with Gasteiger partial charge in [0.05, 0.1) is 12.9 Å². The minimum atomic E-state index is -0.487. The number of anilines is 2. The summed E-state index contributed by atoms with van der Waals surface area (Å²) in [5.41, 5.74) is 2.21. The van der Waals surface area contributed by atoms with E-state index in [-0.39, 0.29) is 11.4 Å². The van der Waals surface area contributed by atoms with Gasteiger partial charge in [0.1, 0.15) is 11.4 Å². The summed E-state index contributed by atoms with van der Waals surface area (Å²) >= 11 is 9.39. The molecule has 10 heteroatoms. The molecule has 2 heterocycles. The number of aryl methyl sites for hydroxylation is 1. The largest absolute Gasteiger partial charge is 0.493 e. The highest BCUT2D eigenvalue weighted by molar-refractivity contribution is 9.10. The predicted octanol–water partition coefficient (Wildman–Crippen LogP) is 5.23. The molecular weight excluding hydrogens is 522 g/mol. The lowest BCUT2D eigenvalue weighted by molar-refractivity contribution is 0.0985. The molecule has 1 aromatic heterocycles. The number of carbonyl (C=O) groups excluding carboxylic acids is 2. The zero-order valence-electron chi connectivity index (χ0n) is 18.6. The first-order valence-corrected chi connectivity index (χ1v) is 12.1. The number of halogens is 2. The van der Waals surface area contributed by atoms with Crippen molar-refractivity contribution in [3.05, 3.63) is 70.2 Å². The Morgan fingerprint density at radius 2 is 1.88 bits per heavy atom. The number of imidazole rings is 1. The SMILES string of the molecule is Cc1ccc(Br)cc1NC(=O)c1[nH]cnc1C(=O)Nc1ccc(OCC2CCN(Cl)CC2)cc1. The third-order valence-electron chi connectivity index (χ3n) is 5.69. The smallest absolute Gasteiger partial charge is 0.276 e. The number of aromatic nitrogens is 2. The van der Waals surface area contributed by atoms with Crippen molar-refractivity contribution in [2.24, 2.45) is 5.92 Å². The summed E-state index contributed by atoms with van der Waals surface area (Å²) in [4.78, 5) is 32.4. The lowest BCUT2D eigenvalue weighted by Gasteiger charge is -2.26. The van der Waals surface area contributed by atoms with Gasteiger partial charge in [0.15, 0.2) is 5.69 Å². The molecule has 0 aliphatic carbocycles. The van der Waals surface area contributed by atoms with Crippen LogP contribution >= 0.6 is 27.7 Å². The van der Waals surface area contributed by atoms with E-state index in [1.807, 2.05) is 23.5 Å². The highest BCUT2D eigenvalue weighted by Crippen LogP contribution is 2.23. The number of rotatable bonds is 7. The number of piperidine rings is 1. The van der Waals surface area contributed by atoms with Gasteiger partial charge in [-0.25, -0.2) is 9.40 Å². The Morgan fingerprint density at radius 1 is 1.15 bits per heavy atom. The zero-order valence-corrected chi connectivity index (χ0v) is 20.9. The van der Waals surface area contributed by atoms with E-state index >= 15 is 0 Å². The first kappa shape index (κ1) is 24.3. The molecule has 0 radical (unpaired) electrons. The maximum absolute atomic E-state index is 12.8. The van der Waals surface area contributed by atoms with Crippen LogP contribution in [0.15, 0.2) is 53.3 Å². The molecule has 0 saturated carbocycles. The van der Waals surface area contributed by atoms with Crippen molar-refractivity contribution in [3.63, 3.8) is 0 Å². The summed E-state index contributed by atoms with van der Waals surface area (Å²) in [5.74, 6) is 0.279. The van der Waals surface area contributed by atoms with Crippen LogP contribution < -0.4 is 15.4 Å². The first-order valence-electron chi connectivity index (χ1n) is 10.9. The fraction of sp³-hybridized carbons (Fsp3) is 0.292. The molecule has 3 aromatic rings. The van der Waals surface area contributed by atoms with Crippen LogP contribution in [0, 0.1) is 12.8 Å². The van der Waals surface area contributed by atoms with Crippen molar-refractivity contribution in [1.29, 1.82) is 0 Å². The third kappa shape index (κ3) is 6.16. The second kappa shape index (κ2) is 11.0. The number of benzene rings is 2. The summed E-state index contributed by atoms with van der Waals surface area (Å²) in [6.07, 6.45) is 3.35. The number of nitrogens with zero attached hydrogens (tertiary/aromatic N) is 2. The normalized spacial score (nSPS) is 14.6. The zero-order chi connectivity index (χ0) is 24.1. The molecule has 4 rings (SSSR count). The molecule has 1 fully saturated rings. The number of H-pyrrole nitrogens is 1. The van der Waals surface area contributed by atoms with Crippen molar-refractivity contribution in [2.45, 2.75) is 19.8 Å². The predicted molar refractivity (Wildman–Crippen MR) is 135 cm³/mol. The van der Waals surface area contributed by atoms with Gasteiger partial charge in [-0.2, -0.15) is 0 Å². The van der Waals surface area contributed by atoms with Crippen LogP contribution in [0.4, 0.5) is 11.4 Å². The number of amides is 2. The van der Waals surface area contributed by atoms with Gasteiger partial charge in [-0.15, -0.1) is 0 Å². The van der Waals surface area contributed by atoms with Gasteiger partial charge >= 0.3 is 0 Å². The minimum absolute atomic E-state index is 0.0103. The monoisotopic (exact) mass is 545 g/mol. The molecule has 0 bridgehead atoms. The van der Waals surface area contributed by atoms with Crippen molar-refractivity contribution in [1.82, 2.24) is 14.4 Å². The average molecular weight is 547 g/mol. The second-order valence-electron chi connectivity index (χ2n) is 8.18. The van der Waals surface area contributed by atoms with Gasteiger partial charge in [0.2, 0.25) is 0 Å². The standard InChI is InChI=1S/C24H25BrClN5O3/c1-15-2-3-17(25)12-20(15)30-24(33)22-21(27-14-28-22)23(32)29-18-4-6-19(7-5-18)34-13-16-8-10-31(26)11-9-16/h2-7,12,14,16H,8-11,13H2,1H3,(H,27,28)(H,29,32)(H,30,33). The van der Waals surface area contributed by atoms with Crippen LogP contribution in [-0.2, 0) is 0 Å². The van der Waals surface area contributed by atoms with E-state index in [1.165, 1.54) is 6.33 Å². The van der Waals surface area contributed by atoms with Crippen LogP contribution in [0.1, 0.15) is 39.4 Å². The van der Waals surface area contributed by atoms with Gasteiger partial charge in [-0.05, 0) is 79.4 Å². The van der Waals surface area contributed by atoms with E-state index in [1.54, 1.807) is 30.3 Å². The van der Waals surface area contributed by atoms with Crippen LogP contribution in [0.2, 0.25) is 0 Å². The van der Waals surface area contributed by atoms with Gasteiger partial charge in [0.25, 0.3) is 11.8 Å². The van der Waals surface area contributed by atoms with Crippen molar-refractivity contribution >= 4 is 50.9 Å². The minimum Gasteiger partial charge on any atom is -0.493 e. The summed E-state index contributed by atoms with van der Waals surface area (Å²) in [6, 6.07) is 12.7. The summed E-state index contributed by atoms with van der Waals surface area (Å²) in [7, 11) is 0. The average Bonchev–Trinajstić information content (AvgIpc) is 3.32. The van der Waals surface area contributed by atoms with Crippen LogP contribution in [0.5, 0.6) is 5.75 Å². The van der Waals surface area contributed by atoms with Crippen LogP contribution in [0.25, 0.3) is 0 Å². The van der Waals surface area contributed by atoms with Gasteiger partial charge in [0, 0.05) is 28.9 Å². The molecule has 0 atom stereocenters. The van der Waals surface area contributed by atoms with E-state index in [4.69, 9.17) is 16.5 Å². The van der Waals surface area contributed by atoms with E-state index in [2.05, 4.69) is 36.5 Å². The first-order chi connectivity index (χ1) is 16.4. The second-order valence-corrected chi connectivity index (χ2v) is 9.58. The molecule has 1 saturated heterocycles. The third-order valence-corrected chi connectivity index (χ3v) is 6.52. The number of hydrogen-bond donors (Lipinski definition) is 3. The van der Waals surface area contributed by atoms with Gasteiger partial charge in [-0.3, -0.25) is 9.59 Å². The quantitative estimate of drug-likeness (QED) is 0.353. The number of hydrogen-bond acceptors (Lipinski definition) is 5. The molecular formula is C24H25BrClN5O3. The lowest BCUT2D eigenvalue weighted by atomic mass is 9.99. The Bertz CT molecular complexity index is 1160. The molecule has 8 nitrogen and oxygen atoms in total. The Morgan fingerprint density at radius 3 is 2.62 bits per heavy atom. The number of nitrogens with one attached hydrogen (secondary N) is 3. The maximum atomic E-state index is 12.8. The summed E-state index contributed by atoms with van der Waals surface area (Å²) in [5, 5.41) is 5.59. The molecule has 3 N–H and O–H groups in total. The molecule has 0 unspecified atom stereocenters. The lowest BCUT2D eigenvalue weighted by Crippen LogP contribution is -2.29. The highest BCUT2D eigenvalue weighted by atomic mass is 79.9. The van der Waals surface area contributed by atoms with E-state index in [0.29, 0.717) is 23.9 Å². The Kier molecular flexibility index (Phi) is 7.87. The van der Waals surface area contributed by atoms with E-state index in [9.17, 15) is 9.59 Å². The molecule has 34 heavy (non-hydrogen) atoms. The van der Waals surface area contributed by atoms with Crippen molar-refractivity contribution < 1.29 is 14.3 Å². The van der Waals surface area contributed by atoms with Gasteiger partial charge < -0.3 is 20.4 Å². The van der Waals surface area contributed by atoms with Gasteiger partial charge in [-0.1, -0.05) is 22.0 Å². The Labute approximate surface area is 211 Å². The summed E-state index contributed by atoms with van der Waals surface area (Å²) < 4.78 is 8.54.